The van der Waals surface area contributed by atoms with Gasteiger partial charge in [0.25, 0.3) is 5.91 Å². The molecule has 1 amide bonds. The van der Waals surface area contributed by atoms with E-state index in [1.807, 2.05) is 13.8 Å². The molecular weight excluding hydrogens is 288 g/mol. The van der Waals surface area contributed by atoms with Gasteiger partial charge in [-0.1, -0.05) is 15.9 Å². The molecule has 17 heavy (non-hydrogen) atoms. The highest BCUT2D eigenvalue weighted by Gasteiger charge is 2.35. The maximum Gasteiger partial charge on any atom is 0.276 e. The van der Waals surface area contributed by atoms with Gasteiger partial charge >= 0.3 is 0 Å². The van der Waals surface area contributed by atoms with Gasteiger partial charge in [0.2, 0.25) is 0 Å². The predicted octanol–water partition coefficient (Wildman–Crippen LogP) is 0.819. The van der Waals surface area contributed by atoms with Crippen molar-refractivity contribution in [1.82, 2.24) is 20.3 Å². The van der Waals surface area contributed by atoms with Crippen LogP contribution in [0.2, 0.25) is 0 Å². The molecule has 1 aliphatic rings. The highest BCUT2D eigenvalue weighted by molar-refractivity contribution is 9.09. The third kappa shape index (κ3) is 2.84. The third-order valence-electron chi connectivity index (χ3n) is 2.57. The summed E-state index contributed by atoms with van der Waals surface area (Å²) in [4.78, 5) is 13.9. The quantitative estimate of drug-likeness (QED) is 0.821. The van der Waals surface area contributed by atoms with Gasteiger partial charge in [-0.05, 0) is 13.8 Å². The van der Waals surface area contributed by atoms with Crippen molar-refractivity contribution in [2.45, 2.75) is 25.6 Å². The van der Waals surface area contributed by atoms with E-state index in [4.69, 9.17) is 4.74 Å². The number of hydrogen-bond donors (Lipinski definition) is 1. The summed E-state index contributed by atoms with van der Waals surface area (Å²) in [5.41, 5.74) is 0.00632. The zero-order valence-corrected chi connectivity index (χ0v) is 11.4. The first kappa shape index (κ1) is 12.5. The van der Waals surface area contributed by atoms with E-state index in [0.29, 0.717) is 24.1 Å². The summed E-state index contributed by atoms with van der Waals surface area (Å²) in [5, 5.41) is 10.6. The number of amides is 1. The average Bonchev–Trinajstić information content (AvgIpc) is 2.79. The van der Waals surface area contributed by atoms with Crippen LogP contribution in [0.3, 0.4) is 0 Å². The van der Waals surface area contributed by atoms with Crippen LogP contribution in [-0.2, 0) is 4.74 Å². The molecule has 1 atom stereocenters. The molecule has 1 N–H and O–H groups in total. The number of nitrogens with zero attached hydrogens (tertiary/aromatic N) is 3. The fourth-order valence-corrected chi connectivity index (χ4v) is 2.33. The molecule has 94 valence electrons. The Morgan fingerprint density at radius 1 is 1.76 bits per heavy atom. The van der Waals surface area contributed by atoms with E-state index in [0.717, 1.165) is 0 Å². The normalized spacial score (nSPS) is 23.7. The molecular formula is C10H15BrN4O2. The zero-order valence-electron chi connectivity index (χ0n) is 9.81. The Morgan fingerprint density at radius 3 is 3.12 bits per heavy atom. The summed E-state index contributed by atoms with van der Waals surface area (Å²) < 4.78 is 5.84. The van der Waals surface area contributed by atoms with Crippen LogP contribution < -0.4 is 0 Å². The highest BCUT2D eigenvalue weighted by atomic mass is 79.9. The van der Waals surface area contributed by atoms with Crippen molar-refractivity contribution in [3.05, 3.63) is 11.9 Å². The molecule has 0 aliphatic carbocycles. The Kier molecular flexibility index (Phi) is 3.48. The minimum atomic E-state index is -0.337. The maximum atomic E-state index is 12.1. The first-order valence-electron chi connectivity index (χ1n) is 5.41. The van der Waals surface area contributed by atoms with Crippen molar-refractivity contribution >= 4 is 21.8 Å². The van der Waals surface area contributed by atoms with Crippen LogP contribution in [0.4, 0.5) is 0 Å². The minimum Gasteiger partial charge on any atom is -0.368 e. The van der Waals surface area contributed by atoms with Crippen LogP contribution in [0.1, 0.15) is 24.3 Å². The molecule has 0 spiro atoms. The van der Waals surface area contributed by atoms with E-state index in [1.54, 1.807) is 4.90 Å². The molecule has 7 heteroatoms. The second kappa shape index (κ2) is 4.73. The maximum absolute atomic E-state index is 12.1. The summed E-state index contributed by atoms with van der Waals surface area (Å²) in [6.07, 6.45) is 1.45. The largest absolute Gasteiger partial charge is 0.368 e. The van der Waals surface area contributed by atoms with Gasteiger partial charge in [-0.3, -0.25) is 4.79 Å². The van der Waals surface area contributed by atoms with Gasteiger partial charge in [0.05, 0.1) is 17.9 Å². The van der Waals surface area contributed by atoms with Crippen molar-refractivity contribution in [2.75, 3.05) is 18.4 Å². The molecule has 0 saturated carbocycles. The van der Waals surface area contributed by atoms with Crippen LogP contribution in [0.15, 0.2) is 6.20 Å². The zero-order chi connectivity index (χ0) is 12.5. The first-order valence-corrected chi connectivity index (χ1v) is 6.53. The molecule has 1 saturated heterocycles. The van der Waals surface area contributed by atoms with Gasteiger partial charge in [0.1, 0.15) is 0 Å². The van der Waals surface area contributed by atoms with Crippen LogP contribution in [-0.4, -0.2) is 56.3 Å². The standard InChI is InChI=1S/C10H15BrN4O2/c1-10(2)6-15(5-7(3-11)17-10)9(16)8-4-12-14-13-8/h4,7H,3,5-6H2,1-2H3,(H,12,13,14). The number of hydrogen-bond acceptors (Lipinski definition) is 4. The number of aromatic amines is 1. The molecule has 1 fully saturated rings. The van der Waals surface area contributed by atoms with E-state index < -0.39 is 0 Å². The predicted molar refractivity (Wildman–Crippen MR) is 65.0 cm³/mol. The molecule has 0 radical (unpaired) electrons. The van der Waals surface area contributed by atoms with Crippen molar-refractivity contribution in [2.24, 2.45) is 0 Å². The summed E-state index contributed by atoms with van der Waals surface area (Å²) in [6.45, 7) is 5.08. The molecule has 6 nitrogen and oxygen atoms in total. The van der Waals surface area contributed by atoms with Crippen LogP contribution in [0.25, 0.3) is 0 Å². The van der Waals surface area contributed by atoms with Crippen LogP contribution in [0.5, 0.6) is 0 Å². The van der Waals surface area contributed by atoms with Gasteiger partial charge < -0.3 is 9.64 Å². The molecule has 1 aromatic heterocycles. The van der Waals surface area contributed by atoms with E-state index in [-0.39, 0.29) is 17.6 Å². The van der Waals surface area contributed by atoms with Crippen molar-refractivity contribution in [1.29, 1.82) is 0 Å². The number of H-pyrrole nitrogens is 1. The number of nitrogens with one attached hydrogen (secondary N) is 1. The fraction of sp³-hybridized carbons (Fsp3) is 0.700. The van der Waals surface area contributed by atoms with Crippen LogP contribution in [0, 0.1) is 0 Å². The Hall–Kier alpha value is -0.950. The number of ether oxygens (including phenoxy) is 1. The van der Waals surface area contributed by atoms with E-state index in [1.165, 1.54) is 6.20 Å². The van der Waals surface area contributed by atoms with Crippen molar-refractivity contribution in [3.63, 3.8) is 0 Å². The van der Waals surface area contributed by atoms with Crippen molar-refractivity contribution in [3.8, 4) is 0 Å². The van der Waals surface area contributed by atoms with Gasteiger partial charge in [0, 0.05) is 18.4 Å². The average molecular weight is 303 g/mol. The van der Waals surface area contributed by atoms with E-state index in [2.05, 4.69) is 31.3 Å². The van der Waals surface area contributed by atoms with E-state index >= 15 is 0 Å². The Labute approximate surface area is 108 Å². The van der Waals surface area contributed by atoms with Gasteiger partial charge in [-0.25, -0.2) is 0 Å². The summed E-state index contributed by atoms with van der Waals surface area (Å²) in [6, 6.07) is 0. The number of halogens is 1. The molecule has 0 aromatic carbocycles. The minimum absolute atomic E-state index is 0.00889. The first-order chi connectivity index (χ1) is 8.02. The lowest BCUT2D eigenvalue weighted by atomic mass is 10.1. The smallest absolute Gasteiger partial charge is 0.276 e. The number of rotatable bonds is 2. The van der Waals surface area contributed by atoms with Gasteiger partial charge in [0.15, 0.2) is 5.69 Å². The van der Waals surface area contributed by atoms with E-state index in [9.17, 15) is 4.79 Å². The molecule has 1 aromatic rings. The lowest BCUT2D eigenvalue weighted by Crippen LogP contribution is -2.55. The monoisotopic (exact) mass is 302 g/mol. The van der Waals surface area contributed by atoms with Crippen LogP contribution >= 0.6 is 15.9 Å². The summed E-state index contributed by atoms with van der Waals surface area (Å²) in [5.74, 6) is -0.110. The molecule has 1 unspecified atom stereocenters. The second-order valence-corrected chi connectivity index (χ2v) is 5.34. The summed E-state index contributed by atoms with van der Waals surface area (Å²) in [7, 11) is 0. The van der Waals surface area contributed by atoms with Gasteiger partial charge in [-0.15, -0.1) is 0 Å². The Balaban J connectivity index is 2.12. The molecule has 1 aliphatic heterocycles. The van der Waals surface area contributed by atoms with Gasteiger partial charge in [-0.2, -0.15) is 15.4 Å². The summed E-state index contributed by atoms with van der Waals surface area (Å²) >= 11 is 3.39. The Morgan fingerprint density at radius 2 is 2.53 bits per heavy atom. The third-order valence-corrected chi connectivity index (χ3v) is 3.30. The Bertz CT molecular complexity index is 393. The number of morpholine rings is 1. The number of carbonyl (C=O) groups is 1. The lowest BCUT2D eigenvalue weighted by Gasteiger charge is -2.42. The number of aromatic nitrogens is 3. The fourth-order valence-electron chi connectivity index (χ4n) is 2.00. The number of alkyl halides is 1. The van der Waals surface area contributed by atoms with Crippen molar-refractivity contribution < 1.29 is 9.53 Å². The molecule has 2 heterocycles. The topological polar surface area (TPSA) is 71.1 Å². The molecule has 0 bridgehead atoms. The lowest BCUT2D eigenvalue weighted by molar-refractivity contribution is -0.116. The SMILES string of the molecule is CC1(C)CN(C(=O)c2cn[nH]n2)CC(CBr)O1. The second-order valence-electron chi connectivity index (χ2n) is 4.69. The highest BCUT2D eigenvalue weighted by Crippen LogP contribution is 2.22. The molecule has 2 rings (SSSR count). The number of carbonyl (C=O) groups excluding carboxylic acids is 1.